The number of nitrogen functional groups attached to an aromatic ring is 1. The van der Waals surface area contributed by atoms with Gasteiger partial charge in [0.1, 0.15) is 22.8 Å². The number of rotatable bonds is 16. The van der Waals surface area contributed by atoms with Gasteiger partial charge in [0.2, 0.25) is 5.60 Å². The summed E-state index contributed by atoms with van der Waals surface area (Å²) in [6.07, 6.45) is -5.08. The molecule has 3 amide bonds. The molecule has 19 nitrogen and oxygen atoms in total. The summed E-state index contributed by atoms with van der Waals surface area (Å²) in [4.78, 5) is 81.4. The number of ether oxygens (including phenoxy) is 1. The predicted octanol–water partition coefficient (Wildman–Crippen LogP) is 1.93. The van der Waals surface area contributed by atoms with Crippen LogP contribution < -0.4 is 16.4 Å². The van der Waals surface area contributed by atoms with E-state index in [1.165, 1.54) is 48.8 Å². The molecule has 306 valence electrons. The summed E-state index contributed by atoms with van der Waals surface area (Å²) >= 11 is 9.56. The van der Waals surface area contributed by atoms with Crippen LogP contribution in [0.25, 0.3) is 0 Å². The number of fused-ring (bicyclic) bond motifs is 1. The number of nitrogens with two attached hydrogens (primary N) is 1. The van der Waals surface area contributed by atoms with Gasteiger partial charge in [-0.2, -0.15) is 24.9 Å². The number of hydrogen-bond acceptors (Lipinski definition) is 16. The number of thioether (sulfide) groups is 2. The number of benzene rings is 1. The number of hydrogen-bond donors (Lipinski definition) is 8. The van der Waals surface area contributed by atoms with Gasteiger partial charge in [-0.05, 0) is 31.6 Å². The Bertz CT molecular complexity index is 1930. The number of carbonyl (C=O) groups is 6. The van der Waals surface area contributed by atoms with Crippen LogP contribution >= 0.6 is 46.5 Å². The zero-order valence-corrected chi connectivity index (χ0v) is 32.0. The highest BCUT2D eigenvalue weighted by molar-refractivity contribution is 8.01. The summed E-state index contributed by atoms with van der Waals surface area (Å²) in [6, 6.07) is 1.32. The number of carbonyl (C=O) groups excluding carboxylic acids is 3. The number of aliphatic carboxylic acids is 3. The molecule has 3 heterocycles. The molecule has 0 unspecified atom stereocenters. The molecule has 1 fully saturated rings. The molecule has 1 aromatic carbocycles. The van der Waals surface area contributed by atoms with Crippen LogP contribution in [0.1, 0.15) is 29.9 Å². The normalized spacial score (nSPS) is 16.9. The molecule has 1 aromatic heterocycles. The molecule has 9 N–H and O–H groups in total. The molecule has 26 heteroatoms. The van der Waals surface area contributed by atoms with Crippen molar-refractivity contribution in [2.24, 2.45) is 5.16 Å². The maximum absolute atomic E-state index is 13.2. The fourth-order valence-corrected chi connectivity index (χ4v) is 7.41. The molecule has 56 heavy (non-hydrogen) atoms. The van der Waals surface area contributed by atoms with Gasteiger partial charge in [0.25, 0.3) is 17.7 Å². The van der Waals surface area contributed by atoms with Crippen LogP contribution in [0.5, 0.6) is 11.5 Å². The molecule has 2 atom stereocenters. The van der Waals surface area contributed by atoms with Crippen molar-refractivity contribution in [2.45, 2.75) is 37.0 Å². The van der Waals surface area contributed by atoms with Gasteiger partial charge in [-0.25, -0.2) is 19.4 Å². The van der Waals surface area contributed by atoms with E-state index in [9.17, 15) is 57.6 Å². The first-order chi connectivity index (χ1) is 26.1. The lowest BCUT2D eigenvalue weighted by Gasteiger charge is -2.49. The zero-order valence-electron chi connectivity index (χ0n) is 28.8. The Morgan fingerprint density at radius 3 is 2.36 bits per heavy atom. The zero-order chi connectivity index (χ0) is 42.1. The number of oxime groups is 1. The molecule has 0 bridgehead atoms. The van der Waals surface area contributed by atoms with Crippen LogP contribution in [0.3, 0.4) is 0 Å². The lowest BCUT2D eigenvalue weighted by atomic mass is 10.0. The third-order valence-corrected chi connectivity index (χ3v) is 10.6. The van der Waals surface area contributed by atoms with Crippen molar-refractivity contribution in [2.75, 3.05) is 42.8 Å². The number of carboxylic acids is 3. The molecule has 0 radical (unpaired) electrons. The first-order valence-corrected chi connectivity index (χ1v) is 18.9. The standard InChI is InChI=1S/C28H31ClN6O11S3.C2HF3O2/c1-28(2,26(43)44)46-34-17(14-11-49-27(30)32-14)22(39)33-18-23(40)35-19(25(41)42)12(10-48-24(18)35)9-47-8-7-45-6-5-31-21(38)13-3-4-15(36)20(37)16(13)29;3-2(4,5)1(6)7/h3-4,11,18,24,36-37H,5-10H2,1-2H3,(H2,30,32)(H,31,38)(H,33,39)(H,41,42)(H,43,44);(H,6,7)/b34-17-;/t18-,24-;/m1./s1. The van der Waals surface area contributed by atoms with E-state index in [0.29, 0.717) is 17.1 Å². The Morgan fingerprint density at radius 2 is 1.79 bits per heavy atom. The van der Waals surface area contributed by atoms with E-state index in [2.05, 4.69) is 20.8 Å². The van der Waals surface area contributed by atoms with Gasteiger partial charge in [0, 0.05) is 29.2 Å². The van der Waals surface area contributed by atoms with Crippen molar-refractivity contribution in [3.63, 3.8) is 0 Å². The molecule has 2 aliphatic rings. The number of alkyl halides is 3. The van der Waals surface area contributed by atoms with E-state index in [-0.39, 0.29) is 52.6 Å². The highest BCUT2D eigenvalue weighted by Crippen LogP contribution is 2.41. The van der Waals surface area contributed by atoms with E-state index in [4.69, 9.17) is 36.8 Å². The molecule has 2 aromatic rings. The number of phenols is 2. The van der Waals surface area contributed by atoms with Crippen LogP contribution in [0, 0.1) is 0 Å². The number of anilines is 1. The number of halogens is 4. The second kappa shape index (κ2) is 19.2. The van der Waals surface area contributed by atoms with E-state index < -0.39 is 76.0 Å². The number of nitrogens with zero attached hydrogens (tertiary/aromatic N) is 3. The van der Waals surface area contributed by atoms with Crippen LogP contribution in [0.2, 0.25) is 5.02 Å². The topological polar surface area (TPSA) is 301 Å². The van der Waals surface area contributed by atoms with E-state index in [0.717, 1.165) is 22.3 Å². The molecular weight excluding hydrogens is 841 g/mol. The Hall–Kier alpha value is -4.98. The van der Waals surface area contributed by atoms with Crippen LogP contribution in [0.15, 0.2) is 33.9 Å². The lowest BCUT2D eigenvalue weighted by Crippen LogP contribution is -2.71. The smallest absolute Gasteiger partial charge is 0.490 e. The second-order valence-electron chi connectivity index (χ2n) is 11.6. The largest absolute Gasteiger partial charge is 0.504 e. The molecule has 0 spiro atoms. The Kier molecular flexibility index (Phi) is 15.6. The third kappa shape index (κ3) is 11.5. The number of aromatic nitrogens is 1. The van der Waals surface area contributed by atoms with Crippen LogP contribution in [-0.4, -0.2) is 137 Å². The van der Waals surface area contributed by atoms with Crippen molar-refractivity contribution >= 4 is 92.9 Å². The van der Waals surface area contributed by atoms with Gasteiger partial charge < -0.3 is 51.5 Å². The monoisotopic (exact) mass is 872 g/mol. The molecular formula is C30H32ClF3N6O13S3. The molecule has 0 aliphatic carbocycles. The van der Waals surface area contributed by atoms with Crippen molar-refractivity contribution in [1.29, 1.82) is 0 Å². The van der Waals surface area contributed by atoms with Crippen LogP contribution in [-0.2, 0) is 33.5 Å². The summed E-state index contributed by atoms with van der Waals surface area (Å²) in [5.74, 6) is -7.48. The summed E-state index contributed by atoms with van der Waals surface area (Å²) in [6.45, 7) is 3.04. The summed E-state index contributed by atoms with van der Waals surface area (Å²) in [5, 5.41) is 54.9. The minimum Gasteiger partial charge on any atom is -0.504 e. The number of carboxylic acid groups (broad SMARTS) is 3. The first kappa shape index (κ1) is 45.4. The van der Waals surface area contributed by atoms with E-state index in [1.807, 2.05) is 0 Å². The Labute approximate surface area is 331 Å². The number of thiazole rings is 1. The predicted molar refractivity (Wildman–Crippen MR) is 194 cm³/mol. The van der Waals surface area contributed by atoms with Crippen LogP contribution in [0.4, 0.5) is 18.3 Å². The third-order valence-electron chi connectivity index (χ3n) is 7.16. The maximum atomic E-state index is 13.2. The number of β-lactam (4-membered cyclic amide) rings is 1. The van der Waals surface area contributed by atoms with Gasteiger partial charge in [0.15, 0.2) is 22.3 Å². The second-order valence-corrected chi connectivity index (χ2v) is 15.0. The first-order valence-electron chi connectivity index (χ1n) is 15.4. The molecule has 0 saturated carbocycles. The van der Waals surface area contributed by atoms with E-state index >= 15 is 0 Å². The Morgan fingerprint density at radius 1 is 1.12 bits per heavy atom. The SMILES string of the molecule is CC(C)(O/N=C(\C(=O)N[C@@H]1C(=O)N2C(C(=O)O)=C(CSCCOCCNC(=O)c3ccc(O)c(O)c3Cl)CS[C@H]12)c1csc(N)n1)C(=O)O.O=C(O)C(F)(F)F. The summed E-state index contributed by atoms with van der Waals surface area (Å²) in [5.41, 5.74) is 3.83. The van der Waals surface area contributed by atoms with Crippen molar-refractivity contribution in [1.82, 2.24) is 20.5 Å². The average molecular weight is 873 g/mol. The molecule has 2 aliphatic heterocycles. The average Bonchev–Trinajstić information content (AvgIpc) is 3.55. The highest BCUT2D eigenvalue weighted by Gasteiger charge is 2.54. The summed E-state index contributed by atoms with van der Waals surface area (Å²) < 4.78 is 37.3. The minimum absolute atomic E-state index is 0.000388. The lowest BCUT2D eigenvalue weighted by molar-refractivity contribution is -0.192. The fraction of sp³-hybridized carbons (Fsp3) is 0.400. The van der Waals surface area contributed by atoms with Crippen molar-refractivity contribution in [3.8, 4) is 11.5 Å². The fourth-order valence-electron chi connectivity index (χ4n) is 4.28. The van der Waals surface area contributed by atoms with Gasteiger partial charge in [-0.15, -0.1) is 23.1 Å². The van der Waals surface area contributed by atoms with Crippen molar-refractivity contribution < 1.29 is 77.0 Å². The van der Waals surface area contributed by atoms with Gasteiger partial charge in [-0.3, -0.25) is 19.3 Å². The van der Waals surface area contributed by atoms with Crippen molar-refractivity contribution in [3.05, 3.63) is 45.1 Å². The number of phenolic OH excluding ortho intramolecular Hbond substituents is 2. The van der Waals surface area contributed by atoms with Gasteiger partial charge in [-0.1, -0.05) is 16.8 Å². The maximum Gasteiger partial charge on any atom is 0.490 e. The van der Waals surface area contributed by atoms with Gasteiger partial charge >= 0.3 is 24.1 Å². The number of amides is 3. The minimum atomic E-state index is -5.08. The molecule has 1 saturated heterocycles. The summed E-state index contributed by atoms with van der Waals surface area (Å²) in [7, 11) is 0. The van der Waals surface area contributed by atoms with Gasteiger partial charge in [0.05, 0.1) is 23.8 Å². The Balaban J connectivity index is 0.00000109. The molecule has 4 rings (SSSR count). The number of nitrogens with one attached hydrogen (secondary N) is 2. The number of aromatic hydroxyl groups is 2. The highest BCUT2D eigenvalue weighted by atomic mass is 35.5. The van der Waals surface area contributed by atoms with E-state index in [1.54, 1.807) is 0 Å². The quantitative estimate of drug-likeness (QED) is 0.0393.